The number of carbonyl (C=O) groups is 1. The lowest BCUT2D eigenvalue weighted by atomic mass is 9.96. The Labute approximate surface area is 209 Å². The van der Waals surface area contributed by atoms with Gasteiger partial charge < -0.3 is 9.84 Å². The summed E-state index contributed by atoms with van der Waals surface area (Å²) in [5, 5.41) is 12.8. The molecule has 1 aliphatic heterocycles. The van der Waals surface area contributed by atoms with Gasteiger partial charge in [0.1, 0.15) is 11.8 Å². The van der Waals surface area contributed by atoms with Gasteiger partial charge in [0.25, 0.3) is 5.56 Å². The van der Waals surface area contributed by atoms with Crippen LogP contribution in [0.3, 0.4) is 0 Å². The molecule has 1 atom stereocenters. The fourth-order valence-electron chi connectivity index (χ4n) is 4.35. The molecule has 1 N–H and O–H groups in total. The van der Waals surface area contributed by atoms with Crippen molar-refractivity contribution in [2.45, 2.75) is 19.9 Å². The number of rotatable bonds is 4. The minimum absolute atomic E-state index is 0.0700. The highest BCUT2D eigenvalue weighted by Gasteiger charge is 2.34. The van der Waals surface area contributed by atoms with Crippen molar-refractivity contribution >= 4 is 45.8 Å². The fraction of sp³-hybridized carbons (Fsp3) is 0.148. The van der Waals surface area contributed by atoms with Crippen molar-refractivity contribution in [1.29, 1.82) is 0 Å². The van der Waals surface area contributed by atoms with Crippen molar-refractivity contribution in [2.75, 3.05) is 6.61 Å². The van der Waals surface area contributed by atoms with Gasteiger partial charge in [0.05, 0.1) is 22.4 Å². The lowest BCUT2D eigenvalue weighted by molar-refractivity contribution is -0.139. The van der Waals surface area contributed by atoms with Crippen LogP contribution < -0.4 is 14.9 Å². The average Bonchev–Trinajstić information content (AvgIpc) is 3.15. The van der Waals surface area contributed by atoms with Gasteiger partial charge >= 0.3 is 5.97 Å². The summed E-state index contributed by atoms with van der Waals surface area (Å²) in [6.07, 6.45) is 1.68. The van der Waals surface area contributed by atoms with Crippen LogP contribution in [0.4, 0.5) is 0 Å². The van der Waals surface area contributed by atoms with Gasteiger partial charge in [-0.3, -0.25) is 9.36 Å². The topological polar surface area (TPSA) is 80.9 Å². The minimum Gasteiger partial charge on any atom is -0.507 e. The second-order valence-electron chi connectivity index (χ2n) is 8.04. The number of benzene rings is 3. The molecule has 176 valence electrons. The van der Waals surface area contributed by atoms with Crippen molar-refractivity contribution in [3.05, 3.63) is 108 Å². The van der Waals surface area contributed by atoms with Gasteiger partial charge in [0, 0.05) is 10.6 Å². The maximum Gasteiger partial charge on any atom is 0.338 e. The van der Waals surface area contributed by atoms with E-state index in [-0.39, 0.29) is 23.5 Å². The molecule has 6 nitrogen and oxygen atoms in total. The van der Waals surface area contributed by atoms with E-state index < -0.39 is 12.0 Å². The Morgan fingerprint density at radius 1 is 1.17 bits per heavy atom. The average molecular weight is 505 g/mol. The van der Waals surface area contributed by atoms with E-state index in [0.29, 0.717) is 31.2 Å². The number of aromatic hydroxyl groups is 1. The number of thiazole rings is 1. The molecule has 35 heavy (non-hydrogen) atoms. The Hall–Kier alpha value is -3.68. The Balaban J connectivity index is 1.80. The van der Waals surface area contributed by atoms with Gasteiger partial charge in [-0.05, 0) is 48.4 Å². The molecule has 0 unspecified atom stereocenters. The molecular formula is C27H21ClN2O4S. The highest BCUT2D eigenvalue weighted by atomic mass is 35.5. The largest absolute Gasteiger partial charge is 0.507 e. The highest BCUT2D eigenvalue weighted by molar-refractivity contribution is 7.07. The number of carbonyl (C=O) groups excluding carboxylic acids is 1. The molecule has 4 aromatic rings. The molecule has 0 fully saturated rings. The van der Waals surface area contributed by atoms with Crippen molar-refractivity contribution in [1.82, 2.24) is 4.57 Å². The Bertz CT molecular complexity index is 1700. The molecule has 0 saturated heterocycles. The third-order valence-electron chi connectivity index (χ3n) is 5.94. The number of hydrogen-bond donors (Lipinski definition) is 1. The first-order valence-electron chi connectivity index (χ1n) is 11.1. The summed E-state index contributed by atoms with van der Waals surface area (Å²) in [6, 6.07) is 17.4. The van der Waals surface area contributed by atoms with E-state index in [4.69, 9.17) is 16.3 Å². The lowest BCUT2D eigenvalue weighted by Gasteiger charge is -2.25. The summed E-state index contributed by atoms with van der Waals surface area (Å²) in [4.78, 5) is 31.8. The molecule has 0 saturated carbocycles. The van der Waals surface area contributed by atoms with Gasteiger partial charge in [-0.15, -0.1) is 0 Å². The Kier molecular flexibility index (Phi) is 6.05. The van der Waals surface area contributed by atoms with E-state index in [0.717, 1.165) is 10.8 Å². The smallest absolute Gasteiger partial charge is 0.338 e. The predicted molar refractivity (Wildman–Crippen MR) is 137 cm³/mol. The van der Waals surface area contributed by atoms with Crippen molar-refractivity contribution < 1.29 is 14.6 Å². The van der Waals surface area contributed by atoms with Crippen molar-refractivity contribution in [3.63, 3.8) is 0 Å². The molecule has 0 amide bonds. The van der Waals surface area contributed by atoms with Crippen molar-refractivity contribution in [3.8, 4) is 5.75 Å². The van der Waals surface area contributed by atoms with E-state index in [1.165, 1.54) is 15.9 Å². The summed E-state index contributed by atoms with van der Waals surface area (Å²) in [7, 11) is 0. The first kappa shape index (κ1) is 23.1. The summed E-state index contributed by atoms with van der Waals surface area (Å²) in [5.74, 6) is -0.472. The Morgan fingerprint density at radius 3 is 2.69 bits per heavy atom. The number of halogens is 1. The quantitative estimate of drug-likeness (QED) is 0.420. The molecule has 8 heteroatoms. The number of aromatic nitrogens is 1. The third kappa shape index (κ3) is 3.96. The summed E-state index contributed by atoms with van der Waals surface area (Å²) in [5.41, 5.74) is 1.55. The number of phenols is 1. The number of ether oxygens (including phenoxy) is 1. The zero-order valence-electron chi connectivity index (χ0n) is 19.0. The monoisotopic (exact) mass is 504 g/mol. The maximum atomic E-state index is 13.8. The molecule has 5 rings (SSSR count). The molecule has 0 aliphatic carbocycles. The standard InChI is InChI=1S/C27H21ClN2O4S/c1-3-34-26(33)23-15(2)29-27-30(24(23)18-10-6-7-11-20(18)28)25(32)22(35-27)14-19-17-9-5-4-8-16(17)12-13-21(19)31/h4-14,24,31H,3H2,1-2H3/b22-14-/t24-/m0/s1. The van der Waals surface area contributed by atoms with Crippen LogP contribution in [0.15, 0.2) is 81.7 Å². The number of esters is 1. The molecular weight excluding hydrogens is 484 g/mol. The van der Waals surface area contributed by atoms with Crippen molar-refractivity contribution in [2.24, 2.45) is 4.99 Å². The summed E-state index contributed by atoms with van der Waals surface area (Å²) >= 11 is 7.73. The number of fused-ring (bicyclic) bond motifs is 2. The zero-order valence-corrected chi connectivity index (χ0v) is 20.6. The van der Waals surface area contributed by atoms with Crippen LogP contribution in [-0.4, -0.2) is 22.2 Å². The summed E-state index contributed by atoms with van der Waals surface area (Å²) < 4.78 is 7.18. The van der Waals surface area contributed by atoms with E-state index in [1.807, 2.05) is 36.4 Å². The molecule has 1 aromatic heterocycles. The van der Waals surface area contributed by atoms with Crippen LogP contribution in [0, 0.1) is 0 Å². The molecule has 0 radical (unpaired) electrons. The zero-order chi connectivity index (χ0) is 24.7. The fourth-order valence-corrected chi connectivity index (χ4v) is 5.62. The van der Waals surface area contributed by atoms with Crippen LogP contribution in [0.1, 0.15) is 31.0 Å². The number of allylic oxidation sites excluding steroid dienone is 1. The van der Waals surface area contributed by atoms with E-state index >= 15 is 0 Å². The van der Waals surface area contributed by atoms with Gasteiger partial charge in [-0.1, -0.05) is 71.5 Å². The van der Waals surface area contributed by atoms with E-state index in [9.17, 15) is 14.7 Å². The minimum atomic E-state index is -0.790. The van der Waals surface area contributed by atoms with Crippen LogP contribution in [0.25, 0.3) is 16.8 Å². The van der Waals surface area contributed by atoms with Gasteiger partial charge in [0.15, 0.2) is 4.80 Å². The number of phenolic OH excluding ortho intramolecular Hbond substituents is 1. The predicted octanol–water partition coefficient (Wildman–Crippen LogP) is 4.31. The van der Waals surface area contributed by atoms with E-state index in [2.05, 4.69) is 4.99 Å². The molecule has 1 aliphatic rings. The lowest BCUT2D eigenvalue weighted by Crippen LogP contribution is -2.40. The summed E-state index contributed by atoms with van der Waals surface area (Å²) in [6.45, 7) is 3.64. The Morgan fingerprint density at radius 2 is 1.91 bits per heavy atom. The van der Waals surface area contributed by atoms with Gasteiger partial charge in [-0.2, -0.15) is 0 Å². The van der Waals surface area contributed by atoms with Crippen LogP contribution >= 0.6 is 22.9 Å². The molecule has 3 aromatic carbocycles. The van der Waals surface area contributed by atoms with Gasteiger partial charge in [0.2, 0.25) is 0 Å². The third-order valence-corrected chi connectivity index (χ3v) is 7.27. The molecule has 0 bridgehead atoms. The van der Waals surface area contributed by atoms with Crippen LogP contribution in [0.5, 0.6) is 5.75 Å². The number of hydrogen-bond acceptors (Lipinski definition) is 6. The molecule has 0 spiro atoms. The first-order valence-corrected chi connectivity index (χ1v) is 12.2. The second kappa shape index (κ2) is 9.17. The van der Waals surface area contributed by atoms with Crippen LogP contribution in [0.2, 0.25) is 5.02 Å². The SMILES string of the molecule is CCOC(=O)C1=C(C)N=c2s/c(=C\c3c(O)ccc4ccccc34)c(=O)n2[C@H]1c1ccccc1Cl. The van der Waals surface area contributed by atoms with E-state index in [1.54, 1.807) is 44.2 Å². The highest BCUT2D eigenvalue weighted by Crippen LogP contribution is 2.34. The first-order chi connectivity index (χ1) is 16.9. The number of nitrogens with zero attached hydrogens (tertiary/aromatic N) is 2. The van der Waals surface area contributed by atoms with Crippen LogP contribution in [-0.2, 0) is 9.53 Å². The maximum absolute atomic E-state index is 13.8. The molecule has 2 heterocycles. The second-order valence-corrected chi connectivity index (χ2v) is 9.46. The van der Waals surface area contributed by atoms with Gasteiger partial charge in [-0.25, -0.2) is 9.79 Å². The normalized spacial score (nSPS) is 15.7.